The molecule has 0 heterocycles. The van der Waals surface area contributed by atoms with Crippen LogP contribution in [0.15, 0.2) is 12.8 Å². The second-order valence-electron chi connectivity index (χ2n) is 3.48. The van der Waals surface area contributed by atoms with Crippen LogP contribution in [0.1, 0.15) is 19.8 Å². The van der Waals surface area contributed by atoms with E-state index in [0.29, 0.717) is 0 Å². The maximum absolute atomic E-state index is 5.13. The van der Waals surface area contributed by atoms with Gasteiger partial charge in [-0.1, -0.05) is 19.9 Å². The summed E-state index contributed by atoms with van der Waals surface area (Å²) in [6, 6.07) is 0. The average Bonchev–Trinajstić information content (AvgIpc) is 1.97. The van der Waals surface area contributed by atoms with Crippen LogP contribution >= 0.6 is 0 Å². The maximum atomic E-state index is 5.13. The standard InChI is InChI=1S/C9H20NO/c1-5-7-8-10(3,4)9-11-6-2/h6H,2,5,7-9H2,1,3-4H3/q+1. The molecule has 0 radical (unpaired) electrons. The fourth-order valence-electron chi connectivity index (χ4n) is 0.905. The van der Waals surface area contributed by atoms with Crippen LogP contribution in [0.2, 0.25) is 0 Å². The van der Waals surface area contributed by atoms with E-state index < -0.39 is 0 Å². The SMILES string of the molecule is C=COC[N+](C)(C)CCCC. The summed E-state index contributed by atoms with van der Waals surface area (Å²) in [6.07, 6.45) is 4.01. The van der Waals surface area contributed by atoms with E-state index in [4.69, 9.17) is 4.74 Å². The summed E-state index contributed by atoms with van der Waals surface area (Å²) < 4.78 is 6.05. The molecule has 0 amide bonds. The summed E-state index contributed by atoms with van der Waals surface area (Å²) in [7, 11) is 4.33. The van der Waals surface area contributed by atoms with Gasteiger partial charge in [-0.3, -0.25) is 4.48 Å². The molecule has 0 saturated heterocycles. The Morgan fingerprint density at radius 3 is 2.55 bits per heavy atom. The first-order chi connectivity index (χ1) is 5.12. The Labute approximate surface area is 70.1 Å². The minimum atomic E-state index is 0.726. The summed E-state index contributed by atoms with van der Waals surface area (Å²) in [6.45, 7) is 7.61. The van der Waals surface area contributed by atoms with Gasteiger partial charge in [-0.05, 0) is 6.42 Å². The van der Waals surface area contributed by atoms with Gasteiger partial charge in [0.1, 0.15) is 0 Å². The first-order valence-electron chi connectivity index (χ1n) is 4.17. The number of ether oxygens (including phenoxy) is 1. The van der Waals surface area contributed by atoms with E-state index in [2.05, 4.69) is 27.6 Å². The highest BCUT2D eigenvalue weighted by molar-refractivity contribution is 4.45. The van der Waals surface area contributed by atoms with E-state index in [0.717, 1.165) is 11.2 Å². The summed E-state index contributed by atoms with van der Waals surface area (Å²) in [5, 5.41) is 0. The highest BCUT2D eigenvalue weighted by Crippen LogP contribution is 2.01. The van der Waals surface area contributed by atoms with Gasteiger partial charge in [0.15, 0.2) is 0 Å². The number of unbranched alkanes of at least 4 members (excludes halogenated alkanes) is 1. The summed E-state index contributed by atoms with van der Waals surface area (Å²) in [5.74, 6) is 0. The van der Waals surface area contributed by atoms with Gasteiger partial charge in [0.2, 0.25) is 6.73 Å². The number of hydrogen-bond acceptors (Lipinski definition) is 1. The van der Waals surface area contributed by atoms with Gasteiger partial charge < -0.3 is 4.74 Å². The molecule has 0 bridgehead atoms. The molecule has 0 atom stereocenters. The van der Waals surface area contributed by atoms with Crippen LogP contribution in [0.4, 0.5) is 0 Å². The molecule has 0 aliphatic carbocycles. The zero-order valence-electron chi connectivity index (χ0n) is 7.97. The fraction of sp³-hybridized carbons (Fsp3) is 0.778. The minimum absolute atomic E-state index is 0.726. The molecule has 0 saturated carbocycles. The van der Waals surface area contributed by atoms with Crippen molar-refractivity contribution in [3.8, 4) is 0 Å². The molecule has 2 nitrogen and oxygen atoms in total. The largest absolute Gasteiger partial charge is 0.454 e. The molecule has 0 unspecified atom stereocenters. The van der Waals surface area contributed by atoms with Gasteiger partial charge in [-0.25, -0.2) is 0 Å². The smallest absolute Gasteiger partial charge is 0.222 e. The predicted molar refractivity (Wildman–Crippen MR) is 48.0 cm³/mol. The summed E-state index contributed by atoms with van der Waals surface area (Å²) in [4.78, 5) is 0. The van der Waals surface area contributed by atoms with Crippen molar-refractivity contribution in [2.24, 2.45) is 0 Å². The third-order valence-corrected chi connectivity index (χ3v) is 1.66. The Bertz CT molecular complexity index is 110. The van der Waals surface area contributed by atoms with Crippen molar-refractivity contribution in [3.05, 3.63) is 12.8 Å². The maximum Gasteiger partial charge on any atom is 0.222 e. The van der Waals surface area contributed by atoms with Gasteiger partial charge in [-0.2, -0.15) is 0 Å². The lowest BCUT2D eigenvalue weighted by molar-refractivity contribution is -0.908. The molecular formula is C9H20NO+. The molecule has 0 aromatic carbocycles. The second-order valence-corrected chi connectivity index (χ2v) is 3.48. The molecule has 0 aromatic heterocycles. The highest BCUT2D eigenvalue weighted by atomic mass is 16.5. The molecule has 0 aromatic rings. The normalized spacial score (nSPS) is 11.2. The van der Waals surface area contributed by atoms with Crippen molar-refractivity contribution in [2.45, 2.75) is 19.8 Å². The summed E-state index contributed by atoms with van der Waals surface area (Å²) >= 11 is 0. The average molecular weight is 158 g/mol. The second kappa shape index (κ2) is 5.19. The minimum Gasteiger partial charge on any atom is -0.454 e. The molecule has 0 fully saturated rings. The highest BCUT2D eigenvalue weighted by Gasteiger charge is 2.12. The topological polar surface area (TPSA) is 9.23 Å². The third kappa shape index (κ3) is 5.92. The van der Waals surface area contributed by atoms with Gasteiger partial charge in [0.25, 0.3) is 0 Å². The van der Waals surface area contributed by atoms with Gasteiger partial charge in [-0.15, -0.1) is 0 Å². The number of nitrogens with zero attached hydrogens (tertiary/aromatic N) is 1. The van der Waals surface area contributed by atoms with Crippen molar-refractivity contribution in [1.29, 1.82) is 0 Å². The fourth-order valence-corrected chi connectivity index (χ4v) is 0.905. The Hall–Kier alpha value is -0.500. The number of rotatable bonds is 6. The van der Waals surface area contributed by atoms with E-state index in [-0.39, 0.29) is 0 Å². The lowest BCUT2D eigenvalue weighted by atomic mass is 10.3. The monoisotopic (exact) mass is 158 g/mol. The van der Waals surface area contributed by atoms with Crippen LogP contribution in [0.25, 0.3) is 0 Å². The third-order valence-electron chi connectivity index (χ3n) is 1.66. The molecule has 0 rings (SSSR count). The van der Waals surface area contributed by atoms with E-state index in [1.54, 1.807) is 0 Å². The Balaban J connectivity index is 3.51. The van der Waals surface area contributed by atoms with Gasteiger partial charge in [0, 0.05) is 0 Å². The molecule has 11 heavy (non-hydrogen) atoms. The zero-order chi connectivity index (χ0) is 8.74. The molecule has 2 heteroatoms. The van der Waals surface area contributed by atoms with E-state index >= 15 is 0 Å². The number of quaternary nitrogens is 1. The first-order valence-corrected chi connectivity index (χ1v) is 4.17. The van der Waals surface area contributed by atoms with E-state index in [9.17, 15) is 0 Å². The van der Waals surface area contributed by atoms with Crippen LogP contribution < -0.4 is 0 Å². The number of hydrogen-bond donors (Lipinski definition) is 0. The molecule has 66 valence electrons. The van der Waals surface area contributed by atoms with Crippen LogP contribution in [0, 0.1) is 0 Å². The first kappa shape index (κ1) is 10.5. The predicted octanol–water partition coefficient (Wildman–Crippen LogP) is 1.98. The molecule has 0 spiro atoms. The lowest BCUT2D eigenvalue weighted by Gasteiger charge is -2.28. The summed E-state index contributed by atoms with van der Waals surface area (Å²) in [5.41, 5.74) is 0. The van der Waals surface area contributed by atoms with E-state index in [1.165, 1.54) is 25.6 Å². The van der Waals surface area contributed by atoms with E-state index in [1.807, 2.05) is 0 Å². The Morgan fingerprint density at radius 1 is 1.45 bits per heavy atom. The quantitative estimate of drug-likeness (QED) is 0.326. The Morgan fingerprint density at radius 2 is 2.09 bits per heavy atom. The lowest BCUT2D eigenvalue weighted by Crippen LogP contribution is -2.41. The van der Waals surface area contributed by atoms with Gasteiger partial charge in [0.05, 0.1) is 26.9 Å². The van der Waals surface area contributed by atoms with Crippen molar-refractivity contribution >= 4 is 0 Å². The van der Waals surface area contributed by atoms with Gasteiger partial charge >= 0.3 is 0 Å². The Kier molecular flexibility index (Phi) is 4.95. The van der Waals surface area contributed by atoms with Crippen molar-refractivity contribution in [1.82, 2.24) is 0 Å². The van der Waals surface area contributed by atoms with Crippen molar-refractivity contribution in [2.75, 3.05) is 27.4 Å². The molecule has 0 aliphatic rings. The van der Waals surface area contributed by atoms with Crippen molar-refractivity contribution < 1.29 is 9.22 Å². The van der Waals surface area contributed by atoms with Crippen LogP contribution in [0.3, 0.4) is 0 Å². The zero-order valence-corrected chi connectivity index (χ0v) is 7.97. The molecule has 0 aliphatic heterocycles. The molecule has 0 N–H and O–H groups in total. The van der Waals surface area contributed by atoms with Crippen LogP contribution in [0.5, 0.6) is 0 Å². The van der Waals surface area contributed by atoms with Crippen LogP contribution in [-0.2, 0) is 4.74 Å². The van der Waals surface area contributed by atoms with Crippen LogP contribution in [-0.4, -0.2) is 31.9 Å². The van der Waals surface area contributed by atoms with Crippen molar-refractivity contribution in [3.63, 3.8) is 0 Å². The molecular weight excluding hydrogens is 138 g/mol.